The maximum absolute atomic E-state index is 6.88. The van der Waals surface area contributed by atoms with Crippen LogP contribution in [0.15, 0.2) is 150 Å². The van der Waals surface area contributed by atoms with E-state index in [2.05, 4.69) is 118 Å². The van der Waals surface area contributed by atoms with Crippen LogP contribution in [-0.4, -0.2) is 19.1 Å². The van der Waals surface area contributed by atoms with Gasteiger partial charge in [0.05, 0.1) is 44.0 Å². The summed E-state index contributed by atoms with van der Waals surface area (Å²) in [6.07, 6.45) is 0. The fraction of sp³-hybridized carbons (Fsp3) is 0. The van der Waals surface area contributed by atoms with Crippen LogP contribution >= 0.6 is 0 Å². The summed E-state index contributed by atoms with van der Waals surface area (Å²) in [5.41, 5.74) is 9.66. The second kappa shape index (κ2) is 9.36. The molecule has 0 spiro atoms. The van der Waals surface area contributed by atoms with Crippen molar-refractivity contribution in [3.63, 3.8) is 0 Å². The largest absolute Gasteiger partial charge is 0.456 e. The number of para-hydroxylation sites is 5. The number of nitrogens with zero attached hydrogens (tertiary/aromatic N) is 4. The van der Waals surface area contributed by atoms with Gasteiger partial charge in [-0.1, -0.05) is 91.0 Å². The Kier molecular flexibility index (Phi) is 4.89. The quantitative estimate of drug-likeness (QED) is 0.189. The Morgan fingerprint density at radius 3 is 1.98 bits per heavy atom. The molecule has 4 aromatic heterocycles. The molecule has 12 rings (SSSR count). The molecule has 0 atom stereocenters. The monoisotopic (exact) mass is 640 g/mol. The van der Waals surface area contributed by atoms with Gasteiger partial charge >= 0.3 is 0 Å². The van der Waals surface area contributed by atoms with Crippen LogP contribution in [0.4, 0.5) is 0 Å². The Morgan fingerprint density at radius 2 is 1.12 bits per heavy atom. The lowest BCUT2D eigenvalue weighted by molar-refractivity contribution is 0.486. The predicted molar refractivity (Wildman–Crippen MR) is 201 cm³/mol. The number of ether oxygens (including phenoxy) is 1. The fourth-order valence-corrected chi connectivity index (χ4v) is 8.32. The topological polar surface area (TPSA) is 58.0 Å². The molecule has 0 unspecified atom stereocenters. The van der Waals surface area contributed by atoms with Crippen LogP contribution in [-0.2, 0) is 0 Å². The third-order valence-corrected chi connectivity index (χ3v) is 10.3. The smallest absolute Gasteiger partial charge is 0.235 e. The lowest BCUT2D eigenvalue weighted by atomic mass is 10.0. The van der Waals surface area contributed by atoms with Gasteiger partial charge in [0.25, 0.3) is 0 Å². The van der Waals surface area contributed by atoms with E-state index in [-0.39, 0.29) is 0 Å². The van der Waals surface area contributed by atoms with Crippen molar-refractivity contribution >= 4 is 76.5 Å². The molecule has 0 aliphatic carbocycles. The van der Waals surface area contributed by atoms with E-state index >= 15 is 0 Å². The molecule has 7 aromatic carbocycles. The fourth-order valence-electron chi connectivity index (χ4n) is 8.32. The average molecular weight is 641 g/mol. The van der Waals surface area contributed by atoms with E-state index in [1.807, 2.05) is 36.4 Å². The highest BCUT2D eigenvalue weighted by molar-refractivity contribution is 6.39. The standard InChI is InChI=1S/C44H24N4O2/c1-2-13-25(14-3-1)47-31-20-8-5-16-27(31)38-42(47)41-36(37-28-17-6-10-22-33(28)50-43(37)38)26-15-4-9-21-32(26)48(41)44-45-30-19-12-24-35-39(30)40(46-44)29-18-7-11-23-34(29)49-35/h1-24H. The number of aromatic nitrogens is 4. The van der Waals surface area contributed by atoms with Crippen LogP contribution < -0.4 is 4.74 Å². The Hall–Kier alpha value is -6.92. The summed E-state index contributed by atoms with van der Waals surface area (Å²) in [5, 5.41) is 7.51. The van der Waals surface area contributed by atoms with Gasteiger partial charge in [-0.2, -0.15) is 0 Å². The molecule has 0 radical (unpaired) electrons. The highest BCUT2D eigenvalue weighted by Crippen LogP contribution is 2.50. The summed E-state index contributed by atoms with van der Waals surface area (Å²) in [7, 11) is 0. The minimum absolute atomic E-state index is 0.603. The van der Waals surface area contributed by atoms with Crippen LogP contribution in [0.2, 0.25) is 0 Å². The summed E-state index contributed by atoms with van der Waals surface area (Å²) in [5.74, 6) is 2.16. The summed E-state index contributed by atoms with van der Waals surface area (Å²) >= 11 is 0. The first kappa shape index (κ1) is 26.1. The Balaban J connectivity index is 1.38. The molecular weight excluding hydrogens is 617 g/mol. The summed E-state index contributed by atoms with van der Waals surface area (Å²) in [6.45, 7) is 0. The minimum atomic E-state index is 0.603. The number of fused-ring (bicyclic) bond motifs is 14. The number of furan rings is 1. The summed E-state index contributed by atoms with van der Waals surface area (Å²) in [6, 6.07) is 50.3. The second-order valence-electron chi connectivity index (χ2n) is 12.9. The van der Waals surface area contributed by atoms with Gasteiger partial charge in [-0.15, -0.1) is 0 Å². The van der Waals surface area contributed by atoms with Gasteiger partial charge < -0.3 is 13.7 Å². The van der Waals surface area contributed by atoms with Crippen molar-refractivity contribution in [2.75, 3.05) is 0 Å². The first-order valence-corrected chi connectivity index (χ1v) is 16.8. The van der Waals surface area contributed by atoms with Crippen LogP contribution in [0.5, 0.6) is 11.5 Å². The van der Waals surface area contributed by atoms with E-state index in [1.165, 1.54) is 0 Å². The molecule has 6 heteroatoms. The van der Waals surface area contributed by atoms with Gasteiger partial charge in [0.1, 0.15) is 22.7 Å². The van der Waals surface area contributed by atoms with Gasteiger partial charge in [0.2, 0.25) is 5.95 Å². The molecule has 0 N–H and O–H groups in total. The Bertz CT molecular complexity index is 3240. The zero-order valence-corrected chi connectivity index (χ0v) is 26.5. The van der Waals surface area contributed by atoms with Crippen LogP contribution in [0.1, 0.15) is 0 Å². The van der Waals surface area contributed by atoms with Gasteiger partial charge in [-0.3, -0.25) is 4.57 Å². The van der Waals surface area contributed by atoms with Crippen LogP contribution in [0.3, 0.4) is 0 Å². The molecule has 1 aliphatic rings. The molecule has 50 heavy (non-hydrogen) atoms. The maximum atomic E-state index is 6.88. The van der Waals surface area contributed by atoms with Crippen molar-refractivity contribution in [2.45, 2.75) is 0 Å². The number of benzene rings is 7. The van der Waals surface area contributed by atoms with Gasteiger partial charge in [-0.05, 0) is 54.6 Å². The van der Waals surface area contributed by atoms with E-state index in [9.17, 15) is 0 Å². The molecule has 0 fully saturated rings. The molecule has 0 amide bonds. The molecule has 6 nitrogen and oxygen atoms in total. The maximum Gasteiger partial charge on any atom is 0.235 e. The van der Waals surface area contributed by atoms with Crippen LogP contribution in [0, 0.1) is 0 Å². The molecule has 1 aliphatic heterocycles. The van der Waals surface area contributed by atoms with E-state index in [4.69, 9.17) is 19.1 Å². The third-order valence-electron chi connectivity index (χ3n) is 10.3. The minimum Gasteiger partial charge on any atom is -0.456 e. The number of hydrogen-bond donors (Lipinski definition) is 0. The normalized spacial score (nSPS) is 12.6. The molecule has 232 valence electrons. The van der Waals surface area contributed by atoms with Crippen molar-refractivity contribution in [1.82, 2.24) is 19.1 Å². The summed E-state index contributed by atoms with van der Waals surface area (Å²) in [4.78, 5) is 10.8. The van der Waals surface area contributed by atoms with E-state index in [1.54, 1.807) is 0 Å². The molecule has 0 saturated carbocycles. The highest BCUT2D eigenvalue weighted by Gasteiger charge is 2.29. The SMILES string of the molecule is c1ccc(-n2c3ccccc3c3c4oc5ccccc5c4c4c5ccccc5n(-c5nc6c7c(cccc7n5)Oc5ccccc5-6)c4c32)cc1. The molecule has 0 saturated heterocycles. The molecule has 0 bridgehead atoms. The predicted octanol–water partition coefficient (Wildman–Crippen LogP) is 11.5. The van der Waals surface area contributed by atoms with E-state index in [0.29, 0.717) is 5.95 Å². The first-order chi connectivity index (χ1) is 24.8. The Labute approximate surface area is 284 Å². The zero-order chi connectivity index (χ0) is 32.5. The van der Waals surface area contributed by atoms with Gasteiger partial charge in [-0.25, -0.2) is 9.97 Å². The van der Waals surface area contributed by atoms with E-state index < -0.39 is 0 Å². The molecule has 5 heterocycles. The third kappa shape index (κ3) is 3.22. The van der Waals surface area contributed by atoms with Crippen molar-refractivity contribution in [3.8, 4) is 34.4 Å². The Morgan fingerprint density at radius 1 is 0.460 bits per heavy atom. The number of hydrogen-bond acceptors (Lipinski definition) is 4. The second-order valence-corrected chi connectivity index (χ2v) is 12.9. The lowest BCUT2D eigenvalue weighted by Crippen LogP contribution is -2.07. The zero-order valence-electron chi connectivity index (χ0n) is 26.5. The summed E-state index contributed by atoms with van der Waals surface area (Å²) < 4.78 is 17.9. The van der Waals surface area contributed by atoms with Crippen molar-refractivity contribution in [3.05, 3.63) is 146 Å². The average Bonchev–Trinajstić information content (AvgIpc) is 3.83. The van der Waals surface area contributed by atoms with Gasteiger partial charge in [0, 0.05) is 38.2 Å². The van der Waals surface area contributed by atoms with Crippen molar-refractivity contribution < 1.29 is 9.15 Å². The van der Waals surface area contributed by atoms with Crippen molar-refractivity contribution in [1.29, 1.82) is 0 Å². The lowest BCUT2D eigenvalue weighted by Gasteiger charge is -2.21. The van der Waals surface area contributed by atoms with Crippen molar-refractivity contribution in [2.24, 2.45) is 0 Å². The molecule has 11 aromatic rings. The first-order valence-electron chi connectivity index (χ1n) is 16.8. The number of rotatable bonds is 2. The van der Waals surface area contributed by atoms with Crippen LogP contribution in [0.25, 0.3) is 99.3 Å². The highest BCUT2D eigenvalue weighted by atomic mass is 16.5. The van der Waals surface area contributed by atoms with Gasteiger partial charge in [0.15, 0.2) is 0 Å². The molecular formula is C44H24N4O2. The van der Waals surface area contributed by atoms with E-state index in [0.717, 1.165) is 105 Å².